The minimum Gasteiger partial charge on any atom is -0.464 e. The molecule has 1 amide bonds. The largest absolute Gasteiger partial charge is 0.464 e. The Kier molecular flexibility index (Phi) is 4.44. The van der Waals surface area contributed by atoms with Crippen molar-refractivity contribution in [2.45, 2.75) is 12.7 Å². The average molecular weight is 351 g/mol. The molecule has 3 rings (SSSR count). The van der Waals surface area contributed by atoms with Crippen LogP contribution in [0.15, 0.2) is 58.5 Å². The number of carbonyl (C=O) groups excluding carboxylic acids is 1. The van der Waals surface area contributed by atoms with Gasteiger partial charge >= 0.3 is 6.18 Å². The topological polar surface area (TPSA) is 42.2 Å². The van der Waals surface area contributed by atoms with Crippen molar-refractivity contribution < 1.29 is 22.4 Å². The molecular formula is C17H12F3NO2S. The van der Waals surface area contributed by atoms with Gasteiger partial charge in [-0.25, -0.2) is 0 Å². The first-order chi connectivity index (χ1) is 11.4. The molecule has 0 fully saturated rings. The van der Waals surface area contributed by atoms with Gasteiger partial charge < -0.3 is 9.73 Å². The molecule has 2 heterocycles. The molecule has 2 aromatic heterocycles. The minimum absolute atomic E-state index is 0.149. The Bertz CT molecular complexity index is 838. The quantitative estimate of drug-likeness (QED) is 0.722. The first-order valence-electron chi connectivity index (χ1n) is 7.01. The van der Waals surface area contributed by atoms with Gasteiger partial charge in [0.05, 0.1) is 23.9 Å². The Morgan fingerprint density at radius 3 is 2.67 bits per heavy atom. The van der Waals surface area contributed by atoms with Crippen molar-refractivity contribution in [3.05, 3.63) is 70.1 Å². The van der Waals surface area contributed by atoms with E-state index in [1.165, 1.54) is 29.5 Å². The van der Waals surface area contributed by atoms with Crippen molar-refractivity contribution in [3.63, 3.8) is 0 Å². The molecule has 24 heavy (non-hydrogen) atoms. The van der Waals surface area contributed by atoms with Crippen LogP contribution in [-0.4, -0.2) is 5.91 Å². The molecule has 0 saturated heterocycles. The Hall–Kier alpha value is -2.54. The standard InChI is InChI=1S/C17H12F3NO2S/c18-17(19,20)14-5-2-1-4-13(14)16(22)21-9-12-8-11(10-24-12)15-6-3-7-23-15/h1-8,10H,9H2,(H,21,22). The van der Waals surface area contributed by atoms with Crippen LogP contribution in [0.25, 0.3) is 11.3 Å². The monoisotopic (exact) mass is 351 g/mol. The van der Waals surface area contributed by atoms with Crippen LogP contribution in [0, 0.1) is 0 Å². The average Bonchev–Trinajstić information content (AvgIpc) is 3.23. The Morgan fingerprint density at radius 2 is 1.96 bits per heavy atom. The van der Waals surface area contributed by atoms with E-state index in [0.717, 1.165) is 16.5 Å². The van der Waals surface area contributed by atoms with Gasteiger partial charge in [-0.3, -0.25) is 4.79 Å². The summed E-state index contributed by atoms with van der Waals surface area (Å²) in [5.74, 6) is -0.0536. The summed E-state index contributed by atoms with van der Waals surface area (Å²) in [6, 6.07) is 10.1. The van der Waals surface area contributed by atoms with Crippen LogP contribution in [0.2, 0.25) is 0 Å². The van der Waals surface area contributed by atoms with Gasteiger partial charge in [0.1, 0.15) is 5.76 Å². The van der Waals surface area contributed by atoms with Gasteiger partial charge in [0.15, 0.2) is 0 Å². The fraction of sp³-hybridized carbons (Fsp3) is 0.118. The van der Waals surface area contributed by atoms with E-state index < -0.39 is 17.6 Å². The second-order valence-corrected chi connectivity index (χ2v) is 6.00. The SMILES string of the molecule is O=C(NCc1cc(-c2ccco2)cs1)c1ccccc1C(F)(F)F. The molecule has 0 radical (unpaired) electrons. The van der Waals surface area contributed by atoms with Gasteiger partial charge in [-0.15, -0.1) is 11.3 Å². The first kappa shape index (κ1) is 16.3. The number of benzene rings is 1. The third kappa shape index (κ3) is 3.51. The number of thiophene rings is 1. The van der Waals surface area contributed by atoms with Crippen LogP contribution >= 0.6 is 11.3 Å². The van der Waals surface area contributed by atoms with E-state index in [-0.39, 0.29) is 12.1 Å². The van der Waals surface area contributed by atoms with Crippen LogP contribution in [0.3, 0.4) is 0 Å². The maximum atomic E-state index is 12.9. The summed E-state index contributed by atoms with van der Waals surface area (Å²) in [7, 11) is 0. The van der Waals surface area contributed by atoms with Crippen molar-refractivity contribution in [2.24, 2.45) is 0 Å². The van der Waals surface area contributed by atoms with E-state index in [1.807, 2.05) is 17.5 Å². The molecule has 0 spiro atoms. The second-order valence-electron chi connectivity index (χ2n) is 5.01. The molecule has 0 aliphatic rings. The Labute approximate surface area is 139 Å². The van der Waals surface area contributed by atoms with Crippen molar-refractivity contribution in [1.82, 2.24) is 5.32 Å². The summed E-state index contributed by atoms with van der Waals surface area (Å²) in [5.41, 5.74) is -0.456. The fourth-order valence-electron chi connectivity index (χ4n) is 2.24. The summed E-state index contributed by atoms with van der Waals surface area (Å²) in [5, 5.41) is 4.39. The third-order valence-corrected chi connectivity index (χ3v) is 4.30. The number of furan rings is 1. The van der Waals surface area contributed by atoms with Crippen molar-refractivity contribution in [1.29, 1.82) is 0 Å². The van der Waals surface area contributed by atoms with Crippen LogP contribution < -0.4 is 5.32 Å². The molecule has 124 valence electrons. The molecule has 1 N–H and O–H groups in total. The van der Waals surface area contributed by atoms with E-state index >= 15 is 0 Å². The molecule has 3 nitrogen and oxygen atoms in total. The zero-order chi connectivity index (χ0) is 17.2. The van der Waals surface area contributed by atoms with Gasteiger partial charge in [0, 0.05) is 15.8 Å². The van der Waals surface area contributed by atoms with Gasteiger partial charge in [-0.2, -0.15) is 13.2 Å². The molecule has 0 aliphatic carbocycles. The summed E-state index contributed by atoms with van der Waals surface area (Å²) in [6.07, 6.45) is -3.01. The highest BCUT2D eigenvalue weighted by molar-refractivity contribution is 7.10. The second kappa shape index (κ2) is 6.52. The summed E-state index contributed by atoms with van der Waals surface area (Å²) in [4.78, 5) is 12.9. The lowest BCUT2D eigenvalue weighted by atomic mass is 10.1. The number of rotatable bonds is 4. The van der Waals surface area contributed by atoms with E-state index in [0.29, 0.717) is 5.76 Å². The summed E-state index contributed by atoms with van der Waals surface area (Å²) in [6.45, 7) is 0.149. The fourth-order valence-corrected chi connectivity index (χ4v) is 3.05. The van der Waals surface area contributed by atoms with Gasteiger partial charge in [0.2, 0.25) is 0 Å². The third-order valence-electron chi connectivity index (χ3n) is 3.36. The number of nitrogens with one attached hydrogen (secondary N) is 1. The van der Waals surface area contributed by atoms with Crippen LogP contribution in [-0.2, 0) is 12.7 Å². The molecule has 0 atom stereocenters. The molecule has 1 aromatic carbocycles. The number of carbonyl (C=O) groups is 1. The predicted molar refractivity (Wildman–Crippen MR) is 84.6 cm³/mol. The number of halogens is 3. The zero-order valence-corrected chi connectivity index (χ0v) is 13.1. The number of hydrogen-bond donors (Lipinski definition) is 1. The van der Waals surface area contributed by atoms with Crippen molar-refractivity contribution in [2.75, 3.05) is 0 Å². The molecule has 0 bridgehead atoms. The lowest BCUT2D eigenvalue weighted by molar-refractivity contribution is -0.137. The lowest BCUT2D eigenvalue weighted by Gasteiger charge is -2.12. The van der Waals surface area contributed by atoms with E-state index in [9.17, 15) is 18.0 Å². The van der Waals surface area contributed by atoms with Crippen molar-refractivity contribution >= 4 is 17.2 Å². The molecule has 0 aliphatic heterocycles. The van der Waals surface area contributed by atoms with Crippen LogP contribution in [0.1, 0.15) is 20.8 Å². The van der Waals surface area contributed by atoms with E-state index in [2.05, 4.69) is 5.32 Å². The van der Waals surface area contributed by atoms with E-state index in [1.54, 1.807) is 12.3 Å². The van der Waals surface area contributed by atoms with Gasteiger partial charge in [-0.1, -0.05) is 12.1 Å². The number of amides is 1. The molecule has 0 unspecified atom stereocenters. The first-order valence-corrected chi connectivity index (χ1v) is 7.89. The Balaban J connectivity index is 1.71. The lowest BCUT2D eigenvalue weighted by Crippen LogP contribution is -2.25. The zero-order valence-electron chi connectivity index (χ0n) is 12.3. The summed E-state index contributed by atoms with van der Waals surface area (Å²) < 4.78 is 44.1. The number of alkyl halides is 3. The van der Waals surface area contributed by atoms with Crippen LogP contribution in [0.4, 0.5) is 13.2 Å². The molecular weight excluding hydrogens is 339 g/mol. The predicted octanol–water partition coefficient (Wildman–Crippen LogP) is 4.96. The normalized spacial score (nSPS) is 11.5. The smallest absolute Gasteiger partial charge is 0.417 e. The highest BCUT2D eigenvalue weighted by Gasteiger charge is 2.34. The molecule has 7 heteroatoms. The van der Waals surface area contributed by atoms with Gasteiger partial charge in [0.25, 0.3) is 5.91 Å². The van der Waals surface area contributed by atoms with Crippen molar-refractivity contribution in [3.8, 4) is 11.3 Å². The maximum Gasteiger partial charge on any atom is 0.417 e. The minimum atomic E-state index is -4.57. The summed E-state index contributed by atoms with van der Waals surface area (Å²) >= 11 is 1.40. The highest BCUT2D eigenvalue weighted by Crippen LogP contribution is 2.32. The maximum absolute atomic E-state index is 12.9. The van der Waals surface area contributed by atoms with Crippen LogP contribution in [0.5, 0.6) is 0 Å². The Morgan fingerprint density at radius 1 is 1.17 bits per heavy atom. The van der Waals surface area contributed by atoms with Gasteiger partial charge in [-0.05, 0) is 30.3 Å². The highest BCUT2D eigenvalue weighted by atomic mass is 32.1. The van der Waals surface area contributed by atoms with E-state index in [4.69, 9.17) is 4.42 Å². The molecule has 3 aromatic rings. The molecule has 0 saturated carbocycles. The number of hydrogen-bond acceptors (Lipinski definition) is 3.